The Morgan fingerprint density at radius 1 is 1.12 bits per heavy atom. The zero-order valence-electron chi connectivity index (χ0n) is 17.2. The monoisotopic (exact) mass is 364 g/mol. The second-order valence-corrected chi connectivity index (χ2v) is 9.90. The van der Waals surface area contributed by atoms with Crippen molar-refractivity contribution in [1.82, 2.24) is 20.0 Å². The molecule has 26 heavy (non-hydrogen) atoms. The Balaban J connectivity index is 1.34. The van der Waals surface area contributed by atoms with Crippen molar-refractivity contribution in [1.29, 1.82) is 0 Å². The molecule has 2 saturated heterocycles. The first kappa shape index (κ1) is 19.6. The van der Waals surface area contributed by atoms with Crippen molar-refractivity contribution in [2.45, 2.75) is 59.5 Å². The fourth-order valence-corrected chi connectivity index (χ4v) is 4.44. The highest BCUT2D eigenvalue weighted by Crippen LogP contribution is 2.50. The maximum absolute atomic E-state index is 12.3. The lowest BCUT2D eigenvalue weighted by Gasteiger charge is -2.61. The van der Waals surface area contributed by atoms with Crippen LogP contribution in [-0.2, 0) is 9.59 Å². The molecule has 1 N–H and O–H groups in total. The molecule has 2 aliphatic heterocycles. The summed E-state index contributed by atoms with van der Waals surface area (Å²) >= 11 is 0. The fraction of sp³-hybridized carbons (Fsp3) is 0.900. The zero-order chi connectivity index (χ0) is 19.1. The van der Waals surface area contributed by atoms with E-state index in [0.29, 0.717) is 18.0 Å². The van der Waals surface area contributed by atoms with Crippen molar-refractivity contribution in [3.05, 3.63) is 0 Å². The molecule has 6 heteroatoms. The predicted molar refractivity (Wildman–Crippen MR) is 103 cm³/mol. The lowest BCUT2D eigenvalue weighted by atomic mass is 9.60. The van der Waals surface area contributed by atoms with Crippen molar-refractivity contribution < 1.29 is 9.59 Å². The first-order valence-electron chi connectivity index (χ1n) is 10.1. The van der Waals surface area contributed by atoms with Gasteiger partial charge in [-0.25, -0.2) is 0 Å². The van der Waals surface area contributed by atoms with Gasteiger partial charge in [0.25, 0.3) is 0 Å². The van der Waals surface area contributed by atoms with E-state index in [2.05, 4.69) is 42.8 Å². The van der Waals surface area contributed by atoms with Gasteiger partial charge in [-0.2, -0.15) is 0 Å². The van der Waals surface area contributed by atoms with Gasteiger partial charge in [-0.05, 0) is 25.2 Å². The molecule has 3 aliphatic rings. The molecule has 0 radical (unpaired) electrons. The average molecular weight is 365 g/mol. The van der Waals surface area contributed by atoms with E-state index < -0.39 is 0 Å². The Kier molecular flexibility index (Phi) is 5.37. The van der Waals surface area contributed by atoms with Gasteiger partial charge < -0.3 is 10.2 Å². The predicted octanol–water partition coefficient (Wildman–Crippen LogP) is 1.17. The van der Waals surface area contributed by atoms with Crippen molar-refractivity contribution in [3.63, 3.8) is 0 Å². The summed E-state index contributed by atoms with van der Waals surface area (Å²) in [5.41, 5.74) is 0.518. The highest BCUT2D eigenvalue weighted by molar-refractivity contribution is 5.78. The Bertz CT molecular complexity index is 535. The highest BCUT2D eigenvalue weighted by atomic mass is 16.2. The molecule has 1 atom stereocenters. The number of carbonyl (C=O) groups is 2. The number of nitrogens with one attached hydrogen (secondary N) is 1. The summed E-state index contributed by atoms with van der Waals surface area (Å²) in [7, 11) is 0. The molecule has 1 saturated carbocycles. The average Bonchev–Trinajstić information content (AvgIpc) is 2.44. The van der Waals surface area contributed by atoms with Crippen LogP contribution in [0.3, 0.4) is 0 Å². The smallest absolute Gasteiger partial charge is 0.234 e. The number of piperazine rings is 1. The van der Waals surface area contributed by atoms with Crippen LogP contribution in [0.1, 0.15) is 47.5 Å². The lowest BCUT2D eigenvalue weighted by molar-refractivity contribution is -0.156. The fourth-order valence-electron chi connectivity index (χ4n) is 4.44. The number of hydrogen-bond donors (Lipinski definition) is 1. The zero-order valence-corrected chi connectivity index (χ0v) is 17.2. The van der Waals surface area contributed by atoms with Crippen molar-refractivity contribution >= 4 is 11.8 Å². The van der Waals surface area contributed by atoms with Gasteiger partial charge in [-0.3, -0.25) is 19.4 Å². The normalized spacial score (nSPS) is 25.5. The molecule has 0 aromatic rings. The van der Waals surface area contributed by atoms with Crippen LogP contribution in [-0.4, -0.2) is 84.4 Å². The van der Waals surface area contributed by atoms with Gasteiger partial charge in [0.05, 0.1) is 6.54 Å². The van der Waals surface area contributed by atoms with E-state index in [0.717, 1.165) is 39.3 Å². The molecule has 1 aliphatic carbocycles. The molecule has 1 unspecified atom stereocenters. The summed E-state index contributed by atoms with van der Waals surface area (Å²) in [4.78, 5) is 30.5. The number of likely N-dealkylation sites (tertiary alicyclic amines) is 1. The Morgan fingerprint density at radius 2 is 1.69 bits per heavy atom. The van der Waals surface area contributed by atoms with Gasteiger partial charge in [-0.1, -0.05) is 20.8 Å². The SMILES string of the molecule is CC(=O)N1CC2(CC(N3CCN(CC(=O)NC(C)C(C)(C)C)CC3)C2)C1. The lowest BCUT2D eigenvalue weighted by Crippen LogP contribution is -2.68. The molecule has 3 rings (SSSR count). The van der Waals surface area contributed by atoms with E-state index in [4.69, 9.17) is 0 Å². The molecule has 2 amide bonds. The maximum atomic E-state index is 12.3. The second kappa shape index (κ2) is 7.12. The quantitative estimate of drug-likeness (QED) is 0.814. The standard InChI is InChI=1S/C20H36N4O2/c1-15(19(3,4)5)21-18(26)12-22-6-8-23(9-7-22)17-10-20(11-17)13-24(14-20)16(2)25/h15,17H,6-14H2,1-5H3,(H,21,26). The summed E-state index contributed by atoms with van der Waals surface area (Å²) in [6.07, 6.45) is 2.47. The van der Waals surface area contributed by atoms with Gasteiger partial charge in [0.15, 0.2) is 0 Å². The van der Waals surface area contributed by atoms with Gasteiger partial charge in [0.2, 0.25) is 11.8 Å². The topological polar surface area (TPSA) is 55.9 Å². The van der Waals surface area contributed by atoms with Crippen molar-refractivity contribution in [3.8, 4) is 0 Å². The Hall–Kier alpha value is -1.14. The van der Waals surface area contributed by atoms with E-state index in [1.807, 2.05) is 4.90 Å². The number of nitrogens with zero attached hydrogens (tertiary/aromatic N) is 3. The number of rotatable bonds is 4. The third-order valence-electron chi connectivity index (χ3n) is 6.80. The molecule has 1 spiro atoms. The van der Waals surface area contributed by atoms with E-state index in [9.17, 15) is 9.59 Å². The molecule has 148 valence electrons. The molecule has 0 aromatic carbocycles. The first-order valence-corrected chi connectivity index (χ1v) is 10.1. The molecule has 2 heterocycles. The van der Waals surface area contributed by atoms with Crippen LogP contribution in [0.4, 0.5) is 0 Å². The van der Waals surface area contributed by atoms with Crippen LogP contribution in [0, 0.1) is 10.8 Å². The minimum Gasteiger partial charge on any atom is -0.352 e. The molecule has 3 fully saturated rings. The summed E-state index contributed by atoms with van der Waals surface area (Å²) in [6, 6.07) is 0.862. The van der Waals surface area contributed by atoms with E-state index >= 15 is 0 Å². The van der Waals surface area contributed by atoms with Crippen LogP contribution in [0.2, 0.25) is 0 Å². The minimum absolute atomic E-state index is 0.0913. The maximum Gasteiger partial charge on any atom is 0.234 e. The van der Waals surface area contributed by atoms with Gasteiger partial charge >= 0.3 is 0 Å². The highest BCUT2D eigenvalue weighted by Gasteiger charge is 2.54. The van der Waals surface area contributed by atoms with E-state index in [-0.39, 0.29) is 23.3 Å². The van der Waals surface area contributed by atoms with Crippen LogP contribution < -0.4 is 5.32 Å². The van der Waals surface area contributed by atoms with Gasteiger partial charge in [0.1, 0.15) is 0 Å². The third kappa shape index (κ3) is 4.22. The molecule has 6 nitrogen and oxygen atoms in total. The van der Waals surface area contributed by atoms with Crippen LogP contribution in [0.15, 0.2) is 0 Å². The second-order valence-electron chi connectivity index (χ2n) is 9.90. The van der Waals surface area contributed by atoms with Gasteiger partial charge in [0, 0.05) is 63.7 Å². The summed E-state index contributed by atoms with van der Waals surface area (Å²) in [6.45, 7) is 16.7. The number of amides is 2. The van der Waals surface area contributed by atoms with Gasteiger partial charge in [-0.15, -0.1) is 0 Å². The summed E-state index contributed by atoms with van der Waals surface area (Å²) in [5.74, 6) is 0.356. The van der Waals surface area contributed by atoms with E-state index in [1.54, 1.807) is 6.92 Å². The largest absolute Gasteiger partial charge is 0.352 e. The van der Waals surface area contributed by atoms with Crippen LogP contribution >= 0.6 is 0 Å². The molecule has 0 aromatic heterocycles. The molecule has 0 bridgehead atoms. The minimum atomic E-state index is 0.0913. The Labute approximate surface area is 158 Å². The molecular weight excluding hydrogens is 328 g/mol. The van der Waals surface area contributed by atoms with E-state index in [1.165, 1.54) is 12.8 Å². The van der Waals surface area contributed by atoms with Crippen molar-refractivity contribution in [2.75, 3.05) is 45.8 Å². The summed E-state index contributed by atoms with van der Waals surface area (Å²) < 4.78 is 0. The first-order chi connectivity index (χ1) is 12.1. The number of carbonyl (C=O) groups excluding carboxylic acids is 2. The van der Waals surface area contributed by atoms with Crippen LogP contribution in [0.5, 0.6) is 0 Å². The molecular formula is C20H36N4O2. The van der Waals surface area contributed by atoms with Crippen LogP contribution in [0.25, 0.3) is 0 Å². The Morgan fingerprint density at radius 3 is 2.19 bits per heavy atom. The van der Waals surface area contributed by atoms with Crippen molar-refractivity contribution in [2.24, 2.45) is 10.8 Å². The number of hydrogen-bond acceptors (Lipinski definition) is 4. The third-order valence-corrected chi connectivity index (χ3v) is 6.80. The summed E-state index contributed by atoms with van der Waals surface area (Å²) in [5, 5.41) is 3.14.